The third-order valence-electron chi connectivity index (χ3n) is 4.44. The number of benzene rings is 1. The highest BCUT2D eigenvalue weighted by Crippen LogP contribution is 2.16. The molecule has 1 heterocycles. The van der Waals surface area contributed by atoms with Gasteiger partial charge in [0.05, 0.1) is 6.61 Å². The summed E-state index contributed by atoms with van der Waals surface area (Å²) in [6.45, 7) is 6.80. The Bertz CT molecular complexity index is 529. The maximum absolute atomic E-state index is 13.0. The maximum atomic E-state index is 13.0. The van der Waals surface area contributed by atoms with E-state index < -0.39 is 0 Å². The molecule has 2 rings (SSSR count). The number of rotatable bonds is 8. The minimum Gasteiger partial charge on any atom is -0.383 e. The summed E-state index contributed by atoms with van der Waals surface area (Å²) < 4.78 is 18.1. The lowest BCUT2D eigenvalue weighted by molar-refractivity contribution is 0.161. The summed E-state index contributed by atoms with van der Waals surface area (Å²) >= 11 is 0. The van der Waals surface area contributed by atoms with E-state index in [0.717, 1.165) is 64.5 Å². The largest absolute Gasteiger partial charge is 0.383 e. The predicted molar refractivity (Wildman–Crippen MR) is 101 cm³/mol. The van der Waals surface area contributed by atoms with Gasteiger partial charge in [0.2, 0.25) is 0 Å². The molecule has 0 radical (unpaired) electrons. The molecule has 0 unspecified atom stereocenters. The molecule has 1 fully saturated rings. The predicted octanol–water partition coefficient (Wildman–Crippen LogP) is 1.23. The first kappa shape index (κ1) is 19.5. The summed E-state index contributed by atoms with van der Waals surface area (Å²) in [6, 6.07) is 6.65. The molecule has 0 aromatic heterocycles. The summed E-state index contributed by atoms with van der Waals surface area (Å²) in [6.07, 6.45) is 0.983. The molecule has 2 N–H and O–H groups in total. The van der Waals surface area contributed by atoms with Crippen LogP contribution < -0.4 is 10.6 Å². The van der Waals surface area contributed by atoms with Crippen LogP contribution in [0, 0.1) is 5.82 Å². The molecule has 0 amide bonds. The lowest BCUT2D eigenvalue weighted by Crippen LogP contribution is -2.51. The monoisotopic (exact) mass is 351 g/mol. The van der Waals surface area contributed by atoms with Crippen LogP contribution in [0.25, 0.3) is 0 Å². The molecule has 0 saturated carbocycles. The van der Waals surface area contributed by atoms with E-state index in [1.54, 1.807) is 7.11 Å². The summed E-state index contributed by atoms with van der Waals surface area (Å²) in [7, 11) is 3.80. The first-order valence-corrected chi connectivity index (χ1v) is 8.83. The molecule has 1 saturated heterocycles. The highest BCUT2D eigenvalue weighted by molar-refractivity contribution is 5.78. The molecule has 0 aliphatic carbocycles. The number of nitrogens with zero attached hydrogens (tertiary/aromatic N) is 4. The standard InChI is InChI=1S/C18H30FN5O/c1-22(14-15-25-2)9-3-8-21-18(20)24-12-10-23(11-13-24)17-6-4-16(19)5-7-17/h4-7H,3,8-15H2,1-2H3,(H2,20,21). The molecule has 0 atom stereocenters. The van der Waals surface area contributed by atoms with Crippen LogP contribution in [0.15, 0.2) is 29.3 Å². The van der Waals surface area contributed by atoms with E-state index in [4.69, 9.17) is 10.5 Å². The number of ether oxygens (including phenoxy) is 1. The fraction of sp³-hybridized carbons (Fsp3) is 0.611. The average molecular weight is 351 g/mol. The summed E-state index contributed by atoms with van der Waals surface area (Å²) in [5.41, 5.74) is 7.18. The van der Waals surface area contributed by atoms with Crippen LogP contribution >= 0.6 is 0 Å². The molecule has 1 aromatic rings. The Morgan fingerprint density at radius 3 is 2.52 bits per heavy atom. The minimum absolute atomic E-state index is 0.202. The second-order valence-electron chi connectivity index (χ2n) is 6.34. The molecule has 140 valence electrons. The van der Waals surface area contributed by atoms with Crippen LogP contribution in [0.1, 0.15) is 6.42 Å². The third kappa shape index (κ3) is 6.51. The second-order valence-corrected chi connectivity index (χ2v) is 6.34. The summed E-state index contributed by atoms with van der Waals surface area (Å²) in [5.74, 6) is 0.421. The first-order valence-electron chi connectivity index (χ1n) is 8.83. The van der Waals surface area contributed by atoms with Gasteiger partial charge in [-0.3, -0.25) is 4.99 Å². The number of methoxy groups -OCH3 is 1. The van der Waals surface area contributed by atoms with Crippen molar-refractivity contribution in [2.45, 2.75) is 6.42 Å². The van der Waals surface area contributed by atoms with Gasteiger partial charge in [-0.15, -0.1) is 0 Å². The van der Waals surface area contributed by atoms with Gasteiger partial charge in [0.1, 0.15) is 5.82 Å². The first-order chi connectivity index (χ1) is 12.1. The number of aliphatic imine (C=N–C) groups is 1. The highest BCUT2D eigenvalue weighted by atomic mass is 19.1. The van der Waals surface area contributed by atoms with Crippen molar-refractivity contribution in [3.63, 3.8) is 0 Å². The number of likely N-dealkylation sites (N-methyl/N-ethyl adjacent to an activating group) is 1. The molecular weight excluding hydrogens is 321 g/mol. The number of piperazine rings is 1. The molecule has 1 aromatic carbocycles. The molecule has 25 heavy (non-hydrogen) atoms. The van der Waals surface area contributed by atoms with Crippen molar-refractivity contribution in [1.29, 1.82) is 0 Å². The quantitative estimate of drug-likeness (QED) is 0.434. The van der Waals surface area contributed by atoms with E-state index >= 15 is 0 Å². The Balaban J connectivity index is 1.69. The molecule has 1 aliphatic heterocycles. The Morgan fingerprint density at radius 1 is 1.20 bits per heavy atom. The molecule has 1 aliphatic rings. The topological polar surface area (TPSA) is 57.3 Å². The zero-order valence-electron chi connectivity index (χ0n) is 15.3. The van der Waals surface area contributed by atoms with Gasteiger partial charge in [0.25, 0.3) is 0 Å². The number of hydrogen-bond donors (Lipinski definition) is 1. The van der Waals surface area contributed by atoms with Gasteiger partial charge in [-0.05, 0) is 44.3 Å². The Labute approximate surface area is 150 Å². The van der Waals surface area contributed by atoms with Crippen molar-refractivity contribution in [3.05, 3.63) is 30.1 Å². The van der Waals surface area contributed by atoms with Crippen molar-refractivity contribution in [2.75, 3.05) is 71.5 Å². The lowest BCUT2D eigenvalue weighted by atomic mass is 10.2. The normalized spacial score (nSPS) is 15.9. The zero-order valence-corrected chi connectivity index (χ0v) is 15.3. The van der Waals surface area contributed by atoms with Gasteiger partial charge in [-0.2, -0.15) is 0 Å². The van der Waals surface area contributed by atoms with Crippen molar-refractivity contribution >= 4 is 11.6 Å². The molecular formula is C18H30FN5O. The second kappa shape index (κ2) is 10.2. The van der Waals surface area contributed by atoms with Crippen molar-refractivity contribution in [3.8, 4) is 0 Å². The van der Waals surface area contributed by atoms with E-state index in [1.165, 1.54) is 12.1 Å². The average Bonchev–Trinajstić information content (AvgIpc) is 2.64. The Morgan fingerprint density at radius 2 is 1.88 bits per heavy atom. The van der Waals surface area contributed by atoms with Crippen LogP contribution in [-0.4, -0.2) is 82.3 Å². The fourth-order valence-corrected chi connectivity index (χ4v) is 2.84. The molecule has 0 bridgehead atoms. The number of halogens is 1. The van der Waals surface area contributed by atoms with E-state index in [0.29, 0.717) is 5.96 Å². The SMILES string of the molecule is COCCN(C)CCCN=C(N)N1CCN(c2ccc(F)cc2)CC1. The molecule has 6 nitrogen and oxygen atoms in total. The summed E-state index contributed by atoms with van der Waals surface area (Å²) in [5, 5.41) is 0. The molecule has 7 heteroatoms. The smallest absolute Gasteiger partial charge is 0.191 e. The fourth-order valence-electron chi connectivity index (χ4n) is 2.84. The van der Waals surface area contributed by atoms with Gasteiger partial charge in [0, 0.05) is 52.1 Å². The number of anilines is 1. The Hall–Kier alpha value is -1.86. The maximum Gasteiger partial charge on any atom is 0.191 e. The van der Waals surface area contributed by atoms with Gasteiger partial charge < -0.3 is 25.2 Å². The van der Waals surface area contributed by atoms with Gasteiger partial charge >= 0.3 is 0 Å². The summed E-state index contributed by atoms with van der Waals surface area (Å²) in [4.78, 5) is 11.1. The van der Waals surface area contributed by atoms with Crippen LogP contribution in [0.2, 0.25) is 0 Å². The minimum atomic E-state index is -0.202. The van der Waals surface area contributed by atoms with Crippen LogP contribution in [0.3, 0.4) is 0 Å². The highest BCUT2D eigenvalue weighted by Gasteiger charge is 2.18. The van der Waals surface area contributed by atoms with Crippen LogP contribution in [0.4, 0.5) is 10.1 Å². The third-order valence-corrected chi connectivity index (χ3v) is 4.44. The van der Waals surface area contributed by atoms with Crippen molar-refractivity contribution in [2.24, 2.45) is 10.7 Å². The van der Waals surface area contributed by atoms with Gasteiger partial charge in [-0.25, -0.2) is 4.39 Å². The molecule has 0 spiro atoms. The van der Waals surface area contributed by atoms with Crippen molar-refractivity contribution < 1.29 is 9.13 Å². The van der Waals surface area contributed by atoms with Gasteiger partial charge in [0.15, 0.2) is 5.96 Å². The van der Waals surface area contributed by atoms with E-state index in [-0.39, 0.29) is 5.82 Å². The van der Waals surface area contributed by atoms with E-state index in [9.17, 15) is 4.39 Å². The number of nitrogens with two attached hydrogens (primary N) is 1. The van der Waals surface area contributed by atoms with Gasteiger partial charge in [-0.1, -0.05) is 0 Å². The van der Waals surface area contributed by atoms with E-state index in [2.05, 4.69) is 26.7 Å². The zero-order chi connectivity index (χ0) is 18.1. The van der Waals surface area contributed by atoms with Crippen LogP contribution in [-0.2, 0) is 4.74 Å². The van der Waals surface area contributed by atoms with Crippen molar-refractivity contribution in [1.82, 2.24) is 9.80 Å². The number of guanidine groups is 1. The number of hydrogen-bond acceptors (Lipinski definition) is 4. The Kier molecular flexibility index (Phi) is 7.94. The van der Waals surface area contributed by atoms with E-state index in [1.807, 2.05) is 12.1 Å². The lowest BCUT2D eigenvalue weighted by Gasteiger charge is -2.36. The van der Waals surface area contributed by atoms with Crippen LogP contribution in [0.5, 0.6) is 0 Å².